The van der Waals surface area contributed by atoms with Gasteiger partial charge in [0, 0.05) is 12.6 Å². The summed E-state index contributed by atoms with van der Waals surface area (Å²) in [6.07, 6.45) is 3.33. The third kappa shape index (κ3) is 3.24. The first kappa shape index (κ1) is 16.7. The summed E-state index contributed by atoms with van der Waals surface area (Å²) in [7, 11) is 1.36. The van der Waals surface area contributed by atoms with Crippen LogP contribution in [0.5, 0.6) is 5.88 Å². The minimum atomic E-state index is -0.691. The molecule has 0 amide bonds. The maximum absolute atomic E-state index is 12.1. The molecule has 10 heteroatoms. The lowest BCUT2D eigenvalue weighted by atomic mass is 10.1. The van der Waals surface area contributed by atoms with Crippen LogP contribution in [0.3, 0.4) is 0 Å². The lowest BCUT2D eigenvalue weighted by molar-refractivity contribution is 0.417. The van der Waals surface area contributed by atoms with Gasteiger partial charge in [0.05, 0.1) is 11.9 Å². The van der Waals surface area contributed by atoms with Crippen molar-refractivity contribution >= 4 is 22.5 Å². The van der Waals surface area contributed by atoms with Gasteiger partial charge in [-0.15, -0.1) is 11.8 Å². The number of hydrogen-bond acceptors (Lipinski definition) is 7. The summed E-state index contributed by atoms with van der Waals surface area (Å²) >= 11 is 1.19. The average molecular weight is 358 g/mol. The molecule has 0 saturated heterocycles. The SMILES string of the molecule is CSC(=Nc1ccc(-c2cn[nH]n2)cc1)c1c(O)n(C)c(=O)[nH]c1=O. The summed E-state index contributed by atoms with van der Waals surface area (Å²) < 4.78 is 0.955. The first-order chi connectivity index (χ1) is 12.0. The van der Waals surface area contributed by atoms with Crippen molar-refractivity contribution in [2.24, 2.45) is 12.0 Å². The van der Waals surface area contributed by atoms with Crippen molar-refractivity contribution in [3.63, 3.8) is 0 Å². The second-order valence-electron chi connectivity index (χ2n) is 5.04. The number of nitrogens with zero attached hydrogens (tertiary/aromatic N) is 4. The Labute approximate surface area is 145 Å². The molecule has 0 saturated carbocycles. The van der Waals surface area contributed by atoms with Gasteiger partial charge in [-0.25, -0.2) is 9.79 Å². The molecule has 0 radical (unpaired) electrons. The van der Waals surface area contributed by atoms with Crippen molar-refractivity contribution in [1.82, 2.24) is 25.0 Å². The van der Waals surface area contributed by atoms with Crippen LogP contribution in [0.2, 0.25) is 0 Å². The molecule has 0 aliphatic rings. The predicted octanol–water partition coefficient (Wildman–Crippen LogP) is 1.01. The topological polar surface area (TPSA) is 129 Å². The Morgan fingerprint density at radius 2 is 2.00 bits per heavy atom. The van der Waals surface area contributed by atoms with E-state index in [0.29, 0.717) is 16.4 Å². The van der Waals surface area contributed by atoms with Gasteiger partial charge in [0.15, 0.2) is 0 Å². The number of thioether (sulfide) groups is 1. The van der Waals surface area contributed by atoms with E-state index >= 15 is 0 Å². The molecule has 2 aromatic heterocycles. The maximum atomic E-state index is 12.1. The molecule has 3 aromatic rings. The van der Waals surface area contributed by atoms with Crippen LogP contribution in [0.1, 0.15) is 5.56 Å². The minimum absolute atomic E-state index is 0.0461. The lowest BCUT2D eigenvalue weighted by Gasteiger charge is -2.08. The van der Waals surface area contributed by atoms with E-state index < -0.39 is 17.1 Å². The summed E-state index contributed by atoms with van der Waals surface area (Å²) in [6.45, 7) is 0. The summed E-state index contributed by atoms with van der Waals surface area (Å²) in [5.41, 5.74) is 0.727. The Hall–Kier alpha value is -3.14. The number of H-pyrrole nitrogens is 2. The summed E-state index contributed by atoms with van der Waals surface area (Å²) in [6, 6.07) is 7.15. The van der Waals surface area contributed by atoms with Crippen LogP contribution in [0.25, 0.3) is 11.3 Å². The fourth-order valence-corrected chi connectivity index (χ4v) is 2.75. The highest BCUT2D eigenvalue weighted by molar-refractivity contribution is 8.13. The van der Waals surface area contributed by atoms with Crippen molar-refractivity contribution in [2.75, 3.05) is 6.26 Å². The number of nitrogens with one attached hydrogen (secondary N) is 2. The van der Waals surface area contributed by atoms with Gasteiger partial charge in [-0.3, -0.25) is 14.3 Å². The van der Waals surface area contributed by atoms with Crippen LogP contribution in [0, 0.1) is 0 Å². The van der Waals surface area contributed by atoms with E-state index in [1.165, 1.54) is 18.8 Å². The molecule has 0 atom stereocenters. The lowest BCUT2D eigenvalue weighted by Crippen LogP contribution is -2.32. The number of aromatic nitrogens is 5. The number of benzene rings is 1. The van der Waals surface area contributed by atoms with Gasteiger partial charge in [-0.05, 0) is 18.4 Å². The summed E-state index contributed by atoms with van der Waals surface area (Å²) in [5.74, 6) is -0.430. The molecular weight excluding hydrogens is 344 g/mol. The monoisotopic (exact) mass is 358 g/mol. The summed E-state index contributed by atoms with van der Waals surface area (Å²) in [4.78, 5) is 30.1. The molecule has 0 bridgehead atoms. The molecular formula is C15H14N6O3S. The van der Waals surface area contributed by atoms with Crippen LogP contribution in [-0.2, 0) is 7.05 Å². The molecule has 2 heterocycles. The van der Waals surface area contributed by atoms with Crippen molar-refractivity contribution in [1.29, 1.82) is 0 Å². The molecule has 0 fully saturated rings. The molecule has 9 nitrogen and oxygen atoms in total. The number of aromatic amines is 2. The molecule has 0 aliphatic heterocycles. The highest BCUT2D eigenvalue weighted by atomic mass is 32.2. The van der Waals surface area contributed by atoms with E-state index in [1.54, 1.807) is 24.6 Å². The fourth-order valence-electron chi connectivity index (χ4n) is 2.17. The molecule has 3 N–H and O–H groups in total. The van der Waals surface area contributed by atoms with Crippen LogP contribution in [-0.4, -0.2) is 41.4 Å². The normalized spacial score (nSPS) is 11.7. The predicted molar refractivity (Wildman–Crippen MR) is 95.5 cm³/mol. The Morgan fingerprint density at radius 1 is 1.28 bits per heavy atom. The second-order valence-corrected chi connectivity index (χ2v) is 5.84. The van der Waals surface area contributed by atoms with Gasteiger partial charge < -0.3 is 5.11 Å². The molecule has 0 unspecified atom stereocenters. The highest BCUT2D eigenvalue weighted by Gasteiger charge is 2.17. The quantitative estimate of drug-likeness (QED) is 0.473. The largest absolute Gasteiger partial charge is 0.494 e. The van der Waals surface area contributed by atoms with Crippen molar-refractivity contribution in [3.05, 3.63) is 56.9 Å². The zero-order valence-electron chi connectivity index (χ0n) is 13.3. The number of rotatable bonds is 3. The van der Waals surface area contributed by atoms with E-state index in [2.05, 4.69) is 25.4 Å². The highest BCUT2D eigenvalue weighted by Crippen LogP contribution is 2.24. The van der Waals surface area contributed by atoms with Gasteiger partial charge in [0.1, 0.15) is 16.3 Å². The van der Waals surface area contributed by atoms with E-state index in [-0.39, 0.29) is 5.56 Å². The first-order valence-corrected chi connectivity index (χ1v) is 8.35. The van der Waals surface area contributed by atoms with E-state index in [1.807, 2.05) is 12.1 Å². The average Bonchev–Trinajstić information content (AvgIpc) is 3.14. The van der Waals surface area contributed by atoms with Crippen molar-refractivity contribution < 1.29 is 5.11 Å². The third-order valence-corrected chi connectivity index (χ3v) is 4.19. The van der Waals surface area contributed by atoms with Gasteiger partial charge in [0.2, 0.25) is 5.88 Å². The third-order valence-electron chi connectivity index (χ3n) is 3.51. The van der Waals surface area contributed by atoms with E-state index in [9.17, 15) is 14.7 Å². The van der Waals surface area contributed by atoms with Gasteiger partial charge in [0.25, 0.3) is 5.56 Å². The van der Waals surface area contributed by atoms with Crippen LogP contribution in [0.4, 0.5) is 5.69 Å². The Morgan fingerprint density at radius 3 is 2.60 bits per heavy atom. The number of aromatic hydroxyl groups is 1. The number of aliphatic imine (C=N–C) groups is 1. The van der Waals surface area contributed by atoms with E-state index in [0.717, 1.165) is 10.1 Å². The van der Waals surface area contributed by atoms with Gasteiger partial charge >= 0.3 is 5.69 Å². The number of hydrogen-bond donors (Lipinski definition) is 3. The van der Waals surface area contributed by atoms with Crippen molar-refractivity contribution in [2.45, 2.75) is 0 Å². The molecule has 0 aliphatic carbocycles. The van der Waals surface area contributed by atoms with Gasteiger partial charge in [-0.2, -0.15) is 15.4 Å². The molecule has 25 heavy (non-hydrogen) atoms. The maximum Gasteiger partial charge on any atom is 0.330 e. The fraction of sp³-hybridized carbons (Fsp3) is 0.133. The van der Waals surface area contributed by atoms with Crippen molar-refractivity contribution in [3.8, 4) is 17.1 Å². The van der Waals surface area contributed by atoms with Crippen LogP contribution in [0.15, 0.2) is 45.0 Å². The minimum Gasteiger partial charge on any atom is -0.494 e. The Balaban J connectivity index is 2.03. The molecule has 1 aromatic carbocycles. The molecule has 3 rings (SSSR count). The Bertz CT molecular complexity index is 1030. The smallest absolute Gasteiger partial charge is 0.330 e. The Kier molecular flexibility index (Phi) is 4.52. The zero-order chi connectivity index (χ0) is 18.0. The second kappa shape index (κ2) is 6.77. The standard InChI is InChI=1S/C15H14N6O3S/c1-21-14(23)11(12(22)18-15(21)24)13(25-2)17-9-5-3-8(4-6-9)10-7-16-20-19-10/h3-7,23H,1-2H3,(H,16,19,20)(H,18,22,24). The van der Waals surface area contributed by atoms with E-state index in [4.69, 9.17) is 0 Å². The van der Waals surface area contributed by atoms with Crippen LogP contribution < -0.4 is 11.2 Å². The summed E-state index contributed by atoms with van der Waals surface area (Å²) in [5, 5.41) is 20.7. The molecule has 0 spiro atoms. The van der Waals surface area contributed by atoms with Crippen LogP contribution >= 0.6 is 11.8 Å². The van der Waals surface area contributed by atoms with Gasteiger partial charge in [-0.1, -0.05) is 12.1 Å². The first-order valence-electron chi connectivity index (χ1n) is 7.12. The zero-order valence-corrected chi connectivity index (χ0v) is 14.2. The molecule has 128 valence electrons.